The molecule has 1 N–H and O–H groups in total. The molecule has 2 heterocycles. The third-order valence-corrected chi connectivity index (χ3v) is 5.11. The Morgan fingerprint density at radius 3 is 2.52 bits per heavy atom. The van der Waals surface area contributed by atoms with E-state index in [-0.39, 0.29) is 17.1 Å². The van der Waals surface area contributed by atoms with Gasteiger partial charge in [0.1, 0.15) is 0 Å². The Labute approximate surface area is 163 Å². The van der Waals surface area contributed by atoms with Crippen LogP contribution in [0.4, 0.5) is 5.69 Å². The van der Waals surface area contributed by atoms with Gasteiger partial charge in [-0.15, -0.1) is 10.2 Å². The number of carbonyl (C=O) groups excluding carboxylic acids is 1. The summed E-state index contributed by atoms with van der Waals surface area (Å²) in [5.41, 5.74) is 2.12. The van der Waals surface area contributed by atoms with Crippen molar-refractivity contribution < 1.29 is 9.21 Å². The molecule has 0 bridgehead atoms. The van der Waals surface area contributed by atoms with Crippen LogP contribution in [0.25, 0.3) is 11.6 Å². The SMILES string of the molecule is CCn1c(SCC(=O)Nc2ccc(C(C)(C)C)cc2)nnc1-c1ccco1. The third kappa shape index (κ3) is 4.60. The van der Waals surface area contributed by atoms with Gasteiger partial charge < -0.3 is 9.73 Å². The second-order valence-electron chi connectivity index (χ2n) is 7.19. The van der Waals surface area contributed by atoms with Crippen molar-refractivity contribution in [3.63, 3.8) is 0 Å². The van der Waals surface area contributed by atoms with E-state index in [0.717, 1.165) is 5.69 Å². The van der Waals surface area contributed by atoms with E-state index in [1.165, 1.54) is 17.3 Å². The van der Waals surface area contributed by atoms with Crippen molar-refractivity contribution in [2.75, 3.05) is 11.1 Å². The first-order chi connectivity index (χ1) is 12.9. The number of thioether (sulfide) groups is 1. The minimum atomic E-state index is -0.0753. The molecule has 3 rings (SSSR count). The van der Waals surface area contributed by atoms with Crippen LogP contribution < -0.4 is 5.32 Å². The fourth-order valence-corrected chi connectivity index (χ4v) is 3.45. The van der Waals surface area contributed by atoms with E-state index in [9.17, 15) is 4.79 Å². The summed E-state index contributed by atoms with van der Waals surface area (Å²) in [6.07, 6.45) is 1.61. The first-order valence-corrected chi connectivity index (χ1v) is 9.87. The van der Waals surface area contributed by atoms with Crippen LogP contribution in [-0.2, 0) is 16.8 Å². The van der Waals surface area contributed by atoms with Crippen LogP contribution in [0.1, 0.15) is 33.3 Å². The Bertz CT molecular complexity index is 893. The molecule has 3 aromatic rings. The number of furan rings is 1. The summed E-state index contributed by atoms with van der Waals surface area (Å²) in [7, 11) is 0. The van der Waals surface area contributed by atoms with Crippen molar-refractivity contribution >= 4 is 23.4 Å². The smallest absolute Gasteiger partial charge is 0.234 e. The number of nitrogens with one attached hydrogen (secondary N) is 1. The summed E-state index contributed by atoms with van der Waals surface area (Å²) in [5, 5.41) is 12.0. The van der Waals surface area contributed by atoms with Crippen LogP contribution in [0, 0.1) is 0 Å². The molecule has 0 atom stereocenters. The minimum Gasteiger partial charge on any atom is -0.461 e. The van der Waals surface area contributed by atoms with Gasteiger partial charge >= 0.3 is 0 Å². The number of amides is 1. The Morgan fingerprint density at radius 2 is 1.93 bits per heavy atom. The topological polar surface area (TPSA) is 73.0 Å². The molecule has 2 aromatic heterocycles. The van der Waals surface area contributed by atoms with Crippen LogP contribution >= 0.6 is 11.8 Å². The average Bonchev–Trinajstić information content (AvgIpc) is 3.28. The van der Waals surface area contributed by atoms with Gasteiger partial charge in [-0.1, -0.05) is 44.7 Å². The first kappa shape index (κ1) is 19.2. The number of benzene rings is 1. The quantitative estimate of drug-likeness (QED) is 0.630. The van der Waals surface area contributed by atoms with Crippen LogP contribution in [0.5, 0.6) is 0 Å². The summed E-state index contributed by atoms with van der Waals surface area (Å²) in [6.45, 7) is 9.20. The molecule has 7 heteroatoms. The highest BCUT2D eigenvalue weighted by Crippen LogP contribution is 2.25. The maximum absolute atomic E-state index is 12.3. The molecule has 1 amide bonds. The van der Waals surface area contributed by atoms with Crippen LogP contribution in [0.15, 0.2) is 52.2 Å². The molecule has 6 nitrogen and oxygen atoms in total. The summed E-state index contributed by atoms with van der Waals surface area (Å²) in [4.78, 5) is 12.3. The van der Waals surface area contributed by atoms with Gasteiger partial charge in [-0.2, -0.15) is 0 Å². The van der Waals surface area contributed by atoms with Gasteiger partial charge in [0.05, 0.1) is 12.0 Å². The van der Waals surface area contributed by atoms with E-state index in [1.807, 2.05) is 47.9 Å². The maximum Gasteiger partial charge on any atom is 0.234 e. The van der Waals surface area contributed by atoms with Crippen molar-refractivity contribution in [1.82, 2.24) is 14.8 Å². The predicted octanol–water partition coefficient (Wildman–Crippen LogP) is 4.59. The van der Waals surface area contributed by atoms with Gasteiger partial charge in [0.2, 0.25) is 5.91 Å². The van der Waals surface area contributed by atoms with Crippen molar-refractivity contribution in [2.24, 2.45) is 0 Å². The Morgan fingerprint density at radius 1 is 1.19 bits per heavy atom. The molecule has 0 fully saturated rings. The number of aromatic nitrogens is 3. The highest BCUT2D eigenvalue weighted by Gasteiger charge is 2.17. The minimum absolute atomic E-state index is 0.0753. The van der Waals surface area contributed by atoms with Gasteiger partial charge in [-0.05, 0) is 42.2 Å². The molecule has 142 valence electrons. The highest BCUT2D eigenvalue weighted by atomic mass is 32.2. The van der Waals surface area contributed by atoms with E-state index in [1.54, 1.807) is 6.26 Å². The molecule has 0 saturated carbocycles. The molecule has 0 aliphatic heterocycles. The summed E-state index contributed by atoms with van der Waals surface area (Å²) >= 11 is 1.36. The largest absolute Gasteiger partial charge is 0.461 e. The van der Waals surface area contributed by atoms with Gasteiger partial charge in [0.15, 0.2) is 16.7 Å². The monoisotopic (exact) mass is 384 g/mol. The lowest BCUT2D eigenvalue weighted by Crippen LogP contribution is -2.15. The second kappa shape index (κ2) is 8.00. The lowest BCUT2D eigenvalue weighted by Gasteiger charge is -2.19. The highest BCUT2D eigenvalue weighted by molar-refractivity contribution is 7.99. The van der Waals surface area contributed by atoms with Crippen molar-refractivity contribution in [2.45, 2.75) is 44.8 Å². The number of rotatable bonds is 6. The number of hydrogen-bond acceptors (Lipinski definition) is 5. The molecule has 1 aromatic carbocycles. The third-order valence-electron chi connectivity index (χ3n) is 4.14. The van der Waals surface area contributed by atoms with Gasteiger partial charge in [0.25, 0.3) is 0 Å². The standard InChI is InChI=1S/C20H24N4O2S/c1-5-24-18(16-7-6-12-26-16)22-23-19(24)27-13-17(25)21-15-10-8-14(9-11-15)20(2,3)4/h6-12H,5,13H2,1-4H3,(H,21,25). The molecule has 0 aliphatic rings. The second-order valence-corrected chi connectivity index (χ2v) is 8.13. The zero-order chi connectivity index (χ0) is 19.4. The predicted molar refractivity (Wildman–Crippen MR) is 108 cm³/mol. The molecular weight excluding hydrogens is 360 g/mol. The first-order valence-electron chi connectivity index (χ1n) is 8.88. The summed E-state index contributed by atoms with van der Waals surface area (Å²) < 4.78 is 7.34. The molecule has 0 unspecified atom stereocenters. The number of hydrogen-bond donors (Lipinski definition) is 1. The Kier molecular flexibility index (Phi) is 5.70. The van der Waals surface area contributed by atoms with E-state index in [0.29, 0.717) is 23.3 Å². The number of nitrogens with zero attached hydrogens (tertiary/aromatic N) is 3. The summed E-state index contributed by atoms with van der Waals surface area (Å²) in [6, 6.07) is 11.6. The summed E-state index contributed by atoms with van der Waals surface area (Å²) in [5.74, 6) is 1.52. The fourth-order valence-electron chi connectivity index (χ4n) is 2.65. The van der Waals surface area contributed by atoms with Crippen LogP contribution in [-0.4, -0.2) is 26.4 Å². The molecule has 27 heavy (non-hydrogen) atoms. The Balaban J connectivity index is 1.61. The van der Waals surface area contributed by atoms with E-state index < -0.39 is 0 Å². The number of carbonyl (C=O) groups is 1. The van der Waals surface area contributed by atoms with Gasteiger partial charge in [-0.3, -0.25) is 9.36 Å². The maximum atomic E-state index is 12.3. The Hall–Kier alpha value is -2.54. The van der Waals surface area contributed by atoms with E-state index in [2.05, 4.69) is 36.3 Å². The molecular formula is C20H24N4O2S. The van der Waals surface area contributed by atoms with Gasteiger partial charge in [0, 0.05) is 12.2 Å². The van der Waals surface area contributed by atoms with Crippen LogP contribution in [0.3, 0.4) is 0 Å². The fraction of sp³-hybridized carbons (Fsp3) is 0.350. The molecule has 0 radical (unpaired) electrons. The van der Waals surface area contributed by atoms with Crippen molar-refractivity contribution in [3.05, 3.63) is 48.2 Å². The zero-order valence-corrected chi connectivity index (χ0v) is 16.8. The average molecular weight is 385 g/mol. The van der Waals surface area contributed by atoms with Gasteiger partial charge in [-0.25, -0.2) is 0 Å². The lowest BCUT2D eigenvalue weighted by molar-refractivity contribution is -0.113. The van der Waals surface area contributed by atoms with Crippen molar-refractivity contribution in [1.29, 1.82) is 0 Å². The lowest BCUT2D eigenvalue weighted by atomic mass is 9.87. The number of anilines is 1. The van der Waals surface area contributed by atoms with E-state index in [4.69, 9.17) is 4.42 Å². The molecule has 0 spiro atoms. The normalized spacial score (nSPS) is 11.6. The van der Waals surface area contributed by atoms with Crippen LogP contribution in [0.2, 0.25) is 0 Å². The zero-order valence-electron chi connectivity index (χ0n) is 16.0. The van der Waals surface area contributed by atoms with Crippen molar-refractivity contribution in [3.8, 4) is 11.6 Å². The van der Waals surface area contributed by atoms with E-state index >= 15 is 0 Å². The molecule has 0 saturated heterocycles. The molecule has 0 aliphatic carbocycles.